The zero-order chi connectivity index (χ0) is 17.6. The minimum Gasteiger partial charge on any atom is -0.367 e. The van der Waals surface area contributed by atoms with E-state index in [4.69, 9.17) is 11.6 Å². The molecule has 3 rings (SSSR count). The fourth-order valence-electron chi connectivity index (χ4n) is 2.89. The highest BCUT2D eigenvalue weighted by Gasteiger charge is 2.26. The largest absolute Gasteiger partial charge is 0.367 e. The minimum atomic E-state index is -0.408. The summed E-state index contributed by atoms with van der Waals surface area (Å²) in [5.41, 5.74) is 1.37. The third-order valence-corrected chi connectivity index (χ3v) is 4.55. The van der Waals surface area contributed by atoms with Gasteiger partial charge in [-0.15, -0.1) is 0 Å². The van der Waals surface area contributed by atoms with Gasteiger partial charge in [-0.3, -0.25) is 4.79 Å². The first-order valence-corrected chi connectivity index (χ1v) is 8.57. The van der Waals surface area contributed by atoms with Gasteiger partial charge in [0.15, 0.2) is 0 Å². The number of aromatic amines is 1. The van der Waals surface area contributed by atoms with Crippen LogP contribution in [-0.4, -0.2) is 41.9 Å². The molecule has 2 amide bonds. The molecule has 1 atom stereocenters. The third kappa shape index (κ3) is 4.51. The Bertz CT molecular complexity index is 780. The Balaban J connectivity index is 1.45. The molecule has 1 saturated heterocycles. The average molecular weight is 362 g/mol. The van der Waals surface area contributed by atoms with E-state index < -0.39 is 5.56 Å². The molecule has 3 N–H and O–H groups in total. The smallest absolute Gasteiger partial charge is 0.315 e. The topological polar surface area (TPSA) is 90.1 Å². The molecule has 0 aliphatic carbocycles. The third-order valence-electron chi connectivity index (χ3n) is 4.18. The Kier molecular flexibility index (Phi) is 5.55. The van der Waals surface area contributed by atoms with Crippen molar-refractivity contribution in [2.45, 2.75) is 18.9 Å². The van der Waals surface area contributed by atoms with E-state index in [0.717, 1.165) is 12.8 Å². The van der Waals surface area contributed by atoms with Crippen LogP contribution in [0.2, 0.25) is 5.02 Å². The van der Waals surface area contributed by atoms with Crippen molar-refractivity contribution in [1.82, 2.24) is 20.8 Å². The van der Waals surface area contributed by atoms with Gasteiger partial charge in [-0.1, -0.05) is 41.9 Å². The van der Waals surface area contributed by atoms with Crippen molar-refractivity contribution >= 4 is 23.3 Å². The molecule has 132 valence electrons. The molecule has 0 radical (unpaired) electrons. The molecule has 2 aromatic rings. The van der Waals surface area contributed by atoms with Crippen molar-refractivity contribution in [2.75, 3.05) is 24.5 Å². The average Bonchev–Trinajstić information content (AvgIpc) is 3.06. The summed E-state index contributed by atoms with van der Waals surface area (Å²) >= 11 is 6.03. The number of hydrogen-bond donors (Lipinski definition) is 3. The molecule has 1 aliphatic rings. The van der Waals surface area contributed by atoms with Gasteiger partial charge in [0.05, 0.1) is 11.9 Å². The molecule has 0 spiro atoms. The van der Waals surface area contributed by atoms with Crippen molar-refractivity contribution in [3.8, 4) is 0 Å². The molecule has 2 heterocycles. The van der Waals surface area contributed by atoms with Crippen LogP contribution in [0.15, 0.2) is 41.3 Å². The minimum absolute atomic E-state index is 0.00656. The fourth-order valence-corrected chi connectivity index (χ4v) is 3.10. The quantitative estimate of drug-likeness (QED) is 0.753. The maximum atomic E-state index is 12.0. The summed E-state index contributed by atoms with van der Waals surface area (Å²) < 4.78 is 0. The Morgan fingerprint density at radius 2 is 2.16 bits per heavy atom. The number of anilines is 1. The Hall–Kier alpha value is -2.54. The number of urea groups is 1. The summed E-state index contributed by atoms with van der Waals surface area (Å²) in [7, 11) is 0. The number of aromatic nitrogens is 2. The van der Waals surface area contributed by atoms with Crippen LogP contribution < -0.4 is 21.1 Å². The number of nitrogens with zero attached hydrogens (tertiary/aromatic N) is 2. The summed E-state index contributed by atoms with van der Waals surface area (Å²) in [6, 6.07) is 9.83. The number of hydrogen-bond acceptors (Lipinski definition) is 4. The van der Waals surface area contributed by atoms with E-state index in [1.807, 2.05) is 35.2 Å². The number of amides is 2. The van der Waals surface area contributed by atoms with E-state index in [0.29, 0.717) is 25.3 Å². The second kappa shape index (κ2) is 8.02. The van der Waals surface area contributed by atoms with Crippen molar-refractivity contribution < 1.29 is 4.79 Å². The zero-order valence-electron chi connectivity index (χ0n) is 13.7. The van der Waals surface area contributed by atoms with Crippen molar-refractivity contribution in [3.05, 3.63) is 57.5 Å². The molecule has 1 unspecified atom stereocenters. The van der Waals surface area contributed by atoms with E-state index in [-0.39, 0.29) is 17.1 Å². The van der Waals surface area contributed by atoms with Crippen LogP contribution in [0.4, 0.5) is 10.5 Å². The highest BCUT2D eigenvalue weighted by Crippen LogP contribution is 2.24. The number of H-pyrrole nitrogens is 1. The van der Waals surface area contributed by atoms with Gasteiger partial charge in [-0.25, -0.2) is 9.89 Å². The fraction of sp³-hybridized carbons (Fsp3) is 0.353. The number of halogens is 1. The Labute approximate surface area is 150 Å². The molecule has 1 aromatic carbocycles. The number of benzene rings is 1. The maximum Gasteiger partial charge on any atom is 0.315 e. The Morgan fingerprint density at radius 3 is 2.96 bits per heavy atom. The van der Waals surface area contributed by atoms with Gasteiger partial charge in [0.1, 0.15) is 5.02 Å². The van der Waals surface area contributed by atoms with E-state index in [9.17, 15) is 9.59 Å². The SMILES string of the molecule is O=C(NCCc1ccccc1)NC1CCN(c2cn[nH]c(=O)c2Cl)C1. The van der Waals surface area contributed by atoms with Crippen LogP contribution in [0.25, 0.3) is 0 Å². The first-order chi connectivity index (χ1) is 12.1. The highest BCUT2D eigenvalue weighted by atomic mass is 35.5. The summed E-state index contributed by atoms with van der Waals surface area (Å²) in [5, 5.41) is 12.0. The monoisotopic (exact) mass is 361 g/mol. The lowest BCUT2D eigenvalue weighted by atomic mass is 10.1. The number of rotatable bonds is 5. The van der Waals surface area contributed by atoms with E-state index in [1.54, 1.807) is 0 Å². The molecule has 1 aliphatic heterocycles. The Morgan fingerprint density at radius 1 is 1.36 bits per heavy atom. The van der Waals surface area contributed by atoms with E-state index in [1.165, 1.54) is 11.8 Å². The second-order valence-corrected chi connectivity index (χ2v) is 6.34. The number of carbonyl (C=O) groups is 1. The highest BCUT2D eigenvalue weighted by molar-refractivity contribution is 6.33. The first kappa shape index (κ1) is 17.3. The molecule has 0 bridgehead atoms. The van der Waals surface area contributed by atoms with E-state index in [2.05, 4.69) is 20.8 Å². The standard InChI is InChI=1S/C17H20ClN5O2/c18-15-14(10-20-22-16(15)24)23-9-7-13(11-23)21-17(25)19-8-6-12-4-2-1-3-5-12/h1-5,10,13H,6-9,11H2,(H,22,24)(H2,19,21,25). The number of carbonyl (C=O) groups excluding carboxylic acids is 1. The van der Waals surface area contributed by atoms with Crippen LogP contribution in [0.3, 0.4) is 0 Å². The lowest BCUT2D eigenvalue weighted by Gasteiger charge is -2.19. The van der Waals surface area contributed by atoms with Crippen LogP contribution in [0, 0.1) is 0 Å². The van der Waals surface area contributed by atoms with Gasteiger partial charge in [0.2, 0.25) is 0 Å². The van der Waals surface area contributed by atoms with Gasteiger partial charge >= 0.3 is 6.03 Å². The molecule has 7 nitrogen and oxygen atoms in total. The predicted octanol–water partition coefficient (Wildman–Crippen LogP) is 1.54. The predicted molar refractivity (Wildman–Crippen MR) is 97.2 cm³/mol. The van der Waals surface area contributed by atoms with Crippen LogP contribution in [0.1, 0.15) is 12.0 Å². The summed E-state index contributed by atoms with van der Waals surface area (Å²) in [6.45, 7) is 1.88. The van der Waals surface area contributed by atoms with Gasteiger partial charge in [-0.2, -0.15) is 5.10 Å². The maximum absolute atomic E-state index is 12.0. The lowest BCUT2D eigenvalue weighted by molar-refractivity contribution is 0.238. The van der Waals surface area contributed by atoms with Gasteiger partial charge in [-0.05, 0) is 18.4 Å². The number of nitrogens with one attached hydrogen (secondary N) is 3. The van der Waals surface area contributed by atoms with Gasteiger partial charge in [0, 0.05) is 25.7 Å². The van der Waals surface area contributed by atoms with Gasteiger partial charge < -0.3 is 15.5 Å². The van der Waals surface area contributed by atoms with Crippen LogP contribution in [0.5, 0.6) is 0 Å². The second-order valence-electron chi connectivity index (χ2n) is 5.97. The molecular formula is C17H20ClN5O2. The van der Waals surface area contributed by atoms with Crippen LogP contribution in [-0.2, 0) is 6.42 Å². The van der Waals surface area contributed by atoms with Crippen molar-refractivity contribution in [2.24, 2.45) is 0 Å². The van der Waals surface area contributed by atoms with Crippen molar-refractivity contribution in [1.29, 1.82) is 0 Å². The summed E-state index contributed by atoms with van der Waals surface area (Å²) in [5.74, 6) is 0. The van der Waals surface area contributed by atoms with Gasteiger partial charge in [0.25, 0.3) is 5.56 Å². The molecule has 0 saturated carbocycles. The molecular weight excluding hydrogens is 342 g/mol. The molecule has 1 fully saturated rings. The van der Waals surface area contributed by atoms with E-state index >= 15 is 0 Å². The zero-order valence-corrected chi connectivity index (χ0v) is 14.4. The lowest BCUT2D eigenvalue weighted by Crippen LogP contribution is -2.44. The summed E-state index contributed by atoms with van der Waals surface area (Å²) in [4.78, 5) is 25.5. The first-order valence-electron chi connectivity index (χ1n) is 8.20. The van der Waals surface area contributed by atoms with Crippen LogP contribution >= 0.6 is 11.6 Å². The normalized spacial score (nSPS) is 16.7. The molecule has 25 heavy (non-hydrogen) atoms. The van der Waals surface area contributed by atoms with Crippen molar-refractivity contribution in [3.63, 3.8) is 0 Å². The molecule has 8 heteroatoms. The molecule has 1 aromatic heterocycles. The summed E-state index contributed by atoms with van der Waals surface area (Å²) in [6.07, 6.45) is 3.11.